The molecule has 0 atom stereocenters. The van der Waals surface area contributed by atoms with Crippen LogP contribution in [0, 0.1) is 13.3 Å². The van der Waals surface area contributed by atoms with Crippen LogP contribution in [0.3, 0.4) is 0 Å². The summed E-state index contributed by atoms with van der Waals surface area (Å²) < 4.78 is 4.42. The summed E-state index contributed by atoms with van der Waals surface area (Å²) in [5.41, 5.74) is 2.01. The van der Waals surface area contributed by atoms with Crippen LogP contribution < -0.4 is 0 Å². The molecule has 2 saturated heterocycles. The number of hydrogen-bond donors (Lipinski definition) is 0. The second-order valence-corrected chi connectivity index (χ2v) is 7.79. The molecule has 0 radical (unpaired) electrons. The van der Waals surface area contributed by atoms with Crippen LogP contribution in [0.15, 0.2) is 72.7 Å². The Morgan fingerprint density at radius 2 is 1.21 bits per heavy atom. The largest absolute Gasteiger partial charge is 4.00 e. The number of rotatable bonds is 4. The normalized spacial score (nSPS) is 23.8. The van der Waals surface area contributed by atoms with Crippen molar-refractivity contribution in [3.05, 3.63) is 96.6 Å². The minimum Gasteiger partial charge on any atom is -0.663 e. The molecule has 0 saturated carbocycles. The Labute approximate surface area is 194 Å². The van der Waals surface area contributed by atoms with Crippen LogP contribution in [0.25, 0.3) is 10.6 Å². The van der Waals surface area contributed by atoms with Crippen molar-refractivity contribution in [2.75, 3.05) is 38.7 Å². The van der Waals surface area contributed by atoms with Crippen molar-refractivity contribution in [2.24, 2.45) is 0 Å². The molecule has 4 aliphatic rings. The molecule has 4 heterocycles. The van der Waals surface area contributed by atoms with E-state index in [1.807, 2.05) is 48.9 Å². The van der Waals surface area contributed by atoms with Gasteiger partial charge < -0.3 is 29.0 Å². The number of hydrogen-bond acceptors (Lipinski definition) is 6. The Kier molecular flexibility index (Phi) is 10.9. The second-order valence-electron chi connectivity index (χ2n) is 6.12. The third-order valence-corrected chi connectivity index (χ3v) is 5.64. The van der Waals surface area contributed by atoms with Gasteiger partial charge in [-0.15, -0.1) is 35.3 Å². The first-order valence-electron chi connectivity index (χ1n) is 9.11. The van der Waals surface area contributed by atoms with Gasteiger partial charge in [0.1, 0.15) is 0 Å². The van der Waals surface area contributed by atoms with E-state index in [0.717, 1.165) is 37.6 Å². The molecule has 0 aromatic rings. The maximum Gasteiger partial charge on any atom is 4.00 e. The molecular formula is C20H26FeN6S2. The summed E-state index contributed by atoms with van der Waals surface area (Å²) in [7, 11) is 0. The van der Waals surface area contributed by atoms with Gasteiger partial charge in [0, 0.05) is 13.1 Å². The van der Waals surface area contributed by atoms with Gasteiger partial charge in [0.2, 0.25) is 0 Å². The summed E-state index contributed by atoms with van der Waals surface area (Å²) in [6.45, 7) is 8.45. The van der Waals surface area contributed by atoms with Crippen LogP contribution in [0.5, 0.6) is 0 Å². The summed E-state index contributed by atoms with van der Waals surface area (Å²) in [6.07, 6.45) is 23.8. The molecule has 156 valence electrons. The van der Waals surface area contributed by atoms with E-state index >= 15 is 0 Å². The van der Waals surface area contributed by atoms with Crippen molar-refractivity contribution in [1.82, 2.24) is 18.4 Å². The van der Waals surface area contributed by atoms with Gasteiger partial charge in [-0.2, -0.15) is 25.7 Å². The van der Waals surface area contributed by atoms with Gasteiger partial charge >= 0.3 is 17.1 Å². The van der Waals surface area contributed by atoms with Crippen LogP contribution >= 0.6 is 23.9 Å². The van der Waals surface area contributed by atoms with Crippen LogP contribution in [-0.4, -0.2) is 57.1 Å². The standard InChI is InChI=1S/2C10H13N3S.Fe/c2*1-14-13-7-6-12(9-13)8-10-4-2-3-5-11-10;/h2*2-5,8-9H,6-7H2,1H3;/q2*-2;+4/b2*10-8-;. The van der Waals surface area contributed by atoms with Gasteiger partial charge in [-0.25, -0.2) is 0 Å². The minimum atomic E-state index is 0. The van der Waals surface area contributed by atoms with E-state index in [-0.39, 0.29) is 17.1 Å². The molecule has 0 aromatic heterocycles. The molecule has 0 amide bonds. The average Bonchev–Trinajstić information content (AvgIpc) is 3.39. The molecule has 0 unspecified atom stereocenters. The first kappa shape index (κ1) is 24.1. The topological polar surface area (TPSA) is 41.2 Å². The summed E-state index contributed by atoms with van der Waals surface area (Å²) in [6, 6.07) is 0. The molecule has 29 heavy (non-hydrogen) atoms. The van der Waals surface area contributed by atoms with E-state index in [0.29, 0.717) is 0 Å². The molecule has 0 aliphatic carbocycles. The first-order valence-corrected chi connectivity index (χ1v) is 11.5. The average molecular weight is 470 g/mol. The molecule has 2 fully saturated rings. The Bertz CT molecular complexity index is 630. The molecule has 9 heteroatoms. The van der Waals surface area contributed by atoms with E-state index in [2.05, 4.69) is 67.3 Å². The molecule has 6 nitrogen and oxygen atoms in total. The van der Waals surface area contributed by atoms with Gasteiger partial charge in [-0.05, 0) is 38.0 Å². The van der Waals surface area contributed by atoms with Crippen molar-refractivity contribution >= 4 is 23.9 Å². The third-order valence-electron chi connectivity index (χ3n) is 4.15. The fourth-order valence-electron chi connectivity index (χ4n) is 2.71. The smallest absolute Gasteiger partial charge is 0.663 e. The molecule has 0 aromatic carbocycles. The molecule has 0 N–H and O–H groups in total. The van der Waals surface area contributed by atoms with Crippen molar-refractivity contribution in [3.8, 4) is 0 Å². The zero-order chi connectivity index (χ0) is 19.6. The van der Waals surface area contributed by atoms with Gasteiger partial charge in [0.15, 0.2) is 0 Å². The maximum absolute atomic E-state index is 4.25. The number of allylic oxidation sites excluding steroid dienone is 6. The third kappa shape index (κ3) is 8.20. The Hall–Kier alpha value is -1.22. The molecule has 0 bridgehead atoms. The Morgan fingerprint density at radius 3 is 1.52 bits per heavy atom. The summed E-state index contributed by atoms with van der Waals surface area (Å²) in [5.74, 6) is 0. The quantitative estimate of drug-likeness (QED) is 0.340. The van der Waals surface area contributed by atoms with Crippen molar-refractivity contribution < 1.29 is 17.1 Å². The van der Waals surface area contributed by atoms with Crippen molar-refractivity contribution in [1.29, 1.82) is 0 Å². The zero-order valence-electron chi connectivity index (χ0n) is 16.6. The zero-order valence-corrected chi connectivity index (χ0v) is 19.3. The van der Waals surface area contributed by atoms with Crippen LogP contribution in [0.1, 0.15) is 0 Å². The molecular weight excluding hydrogens is 444 g/mol. The predicted octanol–water partition coefficient (Wildman–Crippen LogP) is 4.60. The van der Waals surface area contributed by atoms with Crippen LogP contribution in [0.2, 0.25) is 0 Å². The predicted molar refractivity (Wildman–Crippen MR) is 122 cm³/mol. The molecule has 0 spiro atoms. The van der Waals surface area contributed by atoms with E-state index < -0.39 is 0 Å². The molecule has 4 aliphatic heterocycles. The van der Waals surface area contributed by atoms with E-state index in [1.54, 1.807) is 23.9 Å². The van der Waals surface area contributed by atoms with E-state index in [4.69, 9.17) is 0 Å². The number of nitrogens with zero attached hydrogens (tertiary/aromatic N) is 6. The van der Waals surface area contributed by atoms with E-state index in [1.165, 1.54) is 0 Å². The van der Waals surface area contributed by atoms with E-state index in [9.17, 15) is 0 Å². The first-order chi connectivity index (χ1) is 13.8. The Morgan fingerprint density at radius 1 is 0.759 bits per heavy atom. The van der Waals surface area contributed by atoms with Gasteiger partial charge in [-0.3, -0.25) is 0 Å². The Balaban J connectivity index is 0.000000200. The fourth-order valence-corrected chi connectivity index (χ4v) is 3.67. The summed E-state index contributed by atoms with van der Waals surface area (Å²) in [4.78, 5) is 4.33. The van der Waals surface area contributed by atoms with Gasteiger partial charge in [-0.1, -0.05) is 36.5 Å². The van der Waals surface area contributed by atoms with Crippen molar-refractivity contribution in [2.45, 2.75) is 0 Å². The minimum absolute atomic E-state index is 0. The van der Waals surface area contributed by atoms with Gasteiger partial charge in [0.05, 0.1) is 0 Å². The molecule has 4 rings (SSSR count). The fraction of sp³-hybridized carbons (Fsp3) is 0.300. The van der Waals surface area contributed by atoms with Crippen LogP contribution in [-0.2, 0) is 17.1 Å². The summed E-state index contributed by atoms with van der Waals surface area (Å²) >= 11 is 3.48. The summed E-state index contributed by atoms with van der Waals surface area (Å²) in [5, 5.41) is 8.50. The van der Waals surface area contributed by atoms with Crippen LogP contribution in [0.4, 0.5) is 0 Å². The maximum atomic E-state index is 4.25. The SMILES string of the molecule is CSN1[CH-]N(/C=C2/C=CC=C[N-]2)CC1.CSN1[CH-]N(/C=C2/C=CC=C[N-]2)CC1.[Fe+4]. The van der Waals surface area contributed by atoms with Crippen molar-refractivity contribution in [3.63, 3.8) is 0 Å². The van der Waals surface area contributed by atoms with Gasteiger partial charge in [0.25, 0.3) is 0 Å². The second kappa shape index (κ2) is 13.2. The monoisotopic (exact) mass is 470 g/mol.